The van der Waals surface area contributed by atoms with Gasteiger partial charge in [-0.3, -0.25) is 0 Å². The minimum Gasteiger partial charge on any atom is -0.462 e. The van der Waals surface area contributed by atoms with Gasteiger partial charge in [0, 0.05) is 6.42 Å². The van der Waals surface area contributed by atoms with E-state index in [-0.39, 0.29) is 5.97 Å². The summed E-state index contributed by atoms with van der Waals surface area (Å²) in [5.74, 6) is -0.282. The molecule has 0 fully saturated rings. The summed E-state index contributed by atoms with van der Waals surface area (Å²) < 4.78 is 4.94. The maximum atomic E-state index is 11.5. The second kappa shape index (κ2) is 6.84. The SMILES string of the molecule is CCOC(=O)c1ccc(CCCC=O)c(C)c1. The largest absolute Gasteiger partial charge is 0.462 e. The van der Waals surface area contributed by atoms with Crippen molar-refractivity contribution in [3.63, 3.8) is 0 Å². The van der Waals surface area contributed by atoms with Crippen LogP contribution in [0.1, 0.15) is 41.3 Å². The molecule has 0 amide bonds. The molecule has 0 unspecified atom stereocenters. The third kappa shape index (κ3) is 4.02. The molecule has 3 nitrogen and oxygen atoms in total. The van der Waals surface area contributed by atoms with Crippen LogP contribution in [0.25, 0.3) is 0 Å². The lowest BCUT2D eigenvalue weighted by Gasteiger charge is -2.07. The summed E-state index contributed by atoms with van der Waals surface area (Å²) in [4.78, 5) is 21.7. The number of benzene rings is 1. The average molecular weight is 234 g/mol. The van der Waals surface area contributed by atoms with E-state index in [1.807, 2.05) is 19.1 Å². The van der Waals surface area contributed by atoms with Crippen LogP contribution >= 0.6 is 0 Å². The van der Waals surface area contributed by atoms with Crippen LogP contribution in [0.4, 0.5) is 0 Å². The van der Waals surface area contributed by atoms with Crippen molar-refractivity contribution in [1.29, 1.82) is 0 Å². The second-order valence-electron chi connectivity index (χ2n) is 3.92. The van der Waals surface area contributed by atoms with E-state index in [2.05, 4.69) is 0 Å². The Labute approximate surface area is 102 Å². The van der Waals surface area contributed by atoms with E-state index in [1.165, 1.54) is 5.56 Å². The smallest absolute Gasteiger partial charge is 0.338 e. The Bertz CT molecular complexity index is 396. The first kappa shape index (κ1) is 13.4. The van der Waals surface area contributed by atoms with Crippen LogP contribution in [0.5, 0.6) is 0 Å². The van der Waals surface area contributed by atoms with Crippen LogP contribution in [-0.2, 0) is 16.0 Å². The van der Waals surface area contributed by atoms with Crippen molar-refractivity contribution in [1.82, 2.24) is 0 Å². The van der Waals surface area contributed by atoms with E-state index in [4.69, 9.17) is 4.74 Å². The summed E-state index contributed by atoms with van der Waals surface area (Å²) in [7, 11) is 0. The second-order valence-corrected chi connectivity index (χ2v) is 3.92. The molecule has 0 aliphatic carbocycles. The lowest BCUT2D eigenvalue weighted by Crippen LogP contribution is -2.05. The van der Waals surface area contributed by atoms with Crippen LogP contribution in [0.15, 0.2) is 18.2 Å². The van der Waals surface area contributed by atoms with Gasteiger partial charge in [0.2, 0.25) is 0 Å². The lowest BCUT2D eigenvalue weighted by atomic mass is 10.0. The predicted octanol–water partition coefficient (Wildman–Crippen LogP) is 2.69. The molecule has 1 rings (SSSR count). The molecular formula is C14H18O3. The highest BCUT2D eigenvalue weighted by Crippen LogP contribution is 2.14. The van der Waals surface area contributed by atoms with Gasteiger partial charge >= 0.3 is 5.97 Å². The Morgan fingerprint density at radius 1 is 1.41 bits per heavy atom. The summed E-state index contributed by atoms with van der Waals surface area (Å²) in [5, 5.41) is 0. The molecule has 0 heterocycles. The third-order valence-corrected chi connectivity index (χ3v) is 2.62. The molecule has 0 atom stereocenters. The van der Waals surface area contributed by atoms with Crippen LogP contribution in [0.2, 0.25) is 0 Å². The summed E-state index contributed by atoms with van der Waals surface area (Å²) in [5.41, 5.74) is 2.84. The van der Waals surface area contributed by atoms with Crippen molar-refractivity contribution < 1.29 is 14.3 Å². The normalized spacial score (nSPS) is 10.0. The van der Waals surface area contributed by atoms with Crippen LogP contribution in [0, 0.1) is 6.92 Å². The van der Waals surface area contributed by atoms with Gasteiger partial charge in [-0.15, -0.1) is 0 Å². The highest BCUT2D eigenvalue weighted by atomic mass is 16.5. The first-order valence-electron chi connectivity index (χ1n) is 5.89. The Morgan fingerprint density at radius 2 is 2.18 bits per heavy atom. The van der Waals surface area contributed by atoms with Crippen LogP contribution in [-0.4, -0.2) is 18.9 Å². The number of rotatable bonds is 6. The number of ether oxygens (including phenoxy) is 1. The molecule has 0 radical (unpaired) electrons. The van der Waals surface area contributed by atoms with E-state index in [1.54, 1.807) is 13.0 Å². The molecule has 0 bridgehead atoms. The molecule has 0 spiro atoms. The standard InChI is InChI=1S/C14H18O3/c1-3-17-14(16)13-8-7-12(11(2)10-13)6-4-5-9-15/h7-10H,3-6H2,1-2H3. The Hall–Kier alpha value is -1.64. The number of hydrogen-bond donors (Lipinski definition) is 0. The zero-order valence-electron chi connectivity index (χ0n) is 10.4. The molecule has 0 aliphatic rings. The molecule has 0 aromatic heterocycles. The molecule has 1 aromatic carbocycles. The van der Waals surface area contributed by atoms with Crippen molar-refractivity contribution in [2.24, 2.45) is 0 Å². The Kier molecular flexibility index (Phi) is 5.40. The first-order chi connectivity index (χ1) is 8.19. The van der Waals surface area contributed by atoms with Gasteiger partial charge in [0.05, 0.1) is 12.2 Å². The fourth-order valence-electron chi connectivity index (χ4n) is 1.69. The number of hydrogen-bond acceptors (Lipinski definition) is 3. The Balaban J connectivity index is 2.71. The van der Waals surface area contributed by atoms with Gasteiger partial charge < -0.3 is 9.53 Å². The molecule has 0 saturated heterocycles. The number of aldehydes is 1. The fraction of sp³-hybridized carbons (Fsp3) is 0.429. The zero-order chi connectivity index (χ0) is 12.7. The summed E-state index contributed by atoms with van der Waals surface area (Å²) in [6.07, 6.45) is 3.23. The summed E-state index contributed by atoms with van der Waals surface area (Å²) in [6.45, 7) is 4.15. The van der Waals surface area contributed by atoms with Gasteiger partial charge in [-0.05, 0) is 49.9 Å². The van der Waals surface area contributed by atoms with E-state index < -0.39 is 0 Å². The van der Waals surface area contributed by atoms with Gasteiger partial charge in [0.15, 0.2) is 0 Å². The van der Waals surface area contributed by atoms with Crippen LogP contribution < -0.4 is 0 Å². The number of carbonyl (C=O) groups is 2. The topological polar surface area (TPSA) is 43.4 Å². The van der Waals surface area contributed by atoms with Crippen molar-refractivity contribution in [2.45, 2.75) is 33.1 Å². The van der Waals surface area contributed by atoms with Gasteiger partial charge in [0.1, 0.15) is 6.29 Å². The molecule has 0 aliphatic heterocycles. The predicted molar refractivity (Wildman–Crippen MR) is 66.1 cm³/mol. The highest BCUT2D eigenvalue weighted by Gasteiger charge is 2.08. The van der Waals surface area contributed by atoms with Gasteiger partial charge in [-0.1, -0.05) is 6.07 Å². The minimum absolute atomic E-state index is 0.282. The van der Waals surface area contributed by atoms with E-state index in [0.717, 1.165) is 24.7 Å². The van der Waals surface area contributed by atoms with Gasteiger partial charge in [-0.2, -0.15) is 0 Å². The summed E-state index contributed by atoms with van der Waals surface area (Å²) in [6, 6.07) is 5.56. The quantitative estimate of drug-likeness (QED) is 0.432. The van der Waals surface area contributed by atoms with E-state index in [0.29, 0.717) is 18.6 Å². The fourth-order valence-corrected chi connectivity index (χ4v) is 1.69. The molecule has 1 aromatic rings. The number of unbranched alkanes of at least 4 members (excludes halogenated alkanes) is 1. The first-order valence-corrected chi connectivity index (χ1v) is 5.89. The molecule has 3 heteroatoms. The third-order valence-electron chi connectivity index (χ3n) is 2.62. The molecule has 92 valence electrons. The molecule has 17 heavy (non-hydrogen) atoms. The Morgan fingerprint density at radius 3 is 2.76 bits per heavy atom. The lowest BCUT2D eigenvalue weighted by molar-refractivity contribution is -0.107. The van der Waals surface area contributed by atoms with Gasteiger partial charge in [0.25, 0.3) is 0 Å². The summed E-state index contributed by atoms with van der Waals surface area (Å²) >= 11 is 0. The van der Waals surface area contributed by atoms with Crippen molar-refractivity contribution in [3.8, 4) is 0 Å². The molecular weight excluding hydrogens is 216 g/mol. The number of esters is 1. The number of carbonyl (C=O) groups excluding carboxylic acids is 2. The molecule has 0 N–H and O–H groups in total. The minimum atomic E-state index is -0.282. The van der Waals surface area contributed by atoms with Crippen molar-refractivity contribution in [2.75, 3.05) is 6.61 Å². The van der Waals surface area contributed by atoms with Crippen LogP contribution in [0.3, 0.4) is 0 Å². The van der Waals surface area contributed by atoms with Crippen molar-refractivity contribution >= 4 is 12.3 Å². The van der Waals surface area contributed by atoms with Crippen molar-refractivity contribution in [3.05, 3.63) is 34.9 Å². The zero-order valence-corrected chi connectivity index (χ0v) is 10.4. The monoisotopic (exact) mass is 234 g/mol. The van der Waals surface area contributed by atoms with Gasteiger partial charge in [-0.25, -0.2) is 4.79 Å². The maximum absolute atomic E-state index is 11.5. The van der Waals surface area contributed by atoms with E-state index in [9.17, 15) is 9.59 Å². The average Bonchev–Trinajstić information content (AvgIpc) is 2.31. The molecule has 0 saturated carbocycles. The number of aryl methyl sites for hydroxylation is 2. The highest BCUT2D eigenvalue weighted by molar-refractivity contribution is 5.89. The van der Waals surface area contributed by atoms with E-state index >= 15 is 0 Å². The maximum Gasteiger partial charge on any atom is 0.338 e.